The van der Waals surface area contributed by atoms with Gasteiger partial charge in [-0.1, -0.05) is 6.07 Å². The molecule has 1 amide bonds. The Balaban J connectivity index is 2.04. The molecule has 11 nitrogen and oxygen atoms in total. The Kier molecular flexibility index (Phi) is 6.48. The van der Waals surface area contributed by atoms with Crippen LogP contribution in [-0.4, -0.2) is 52.6 Å². The molecule has 0 bridgehead atoms. The molecule has 1 aromatic carbocycles. The van der Waals surface area contributed by atoms with Gasteiger partial charge in [-0.3, -0.25) is 19.8 Å². The van der Waals surface area contributed by atoms with Gasteiger partial charge >= 0.3 is 18.7 Å². The van der Waals surface area contributed by atoms with Crippen molar-refractivity contribution in [2.75, 3.05) is 19.5 Å². The third-order valence-electron chi connectivity index (χ3n) is 3.99. The molecule has 0 atom stereocenters. The van der Waals surface area contributed by atoms with Crippen LogP contribution in [0.15, 0.2) is 27.6 Å². The van der Waals surface area contributed by atoms with Crippen LogP contribution in [0.25, 0.3) is 11.0 Å². The molecule has 0 saturated heterocycles. The first kappa shape index (κ1) is 22.1. The number of aromatic amines is 1. The minimum Gasteiger partial charge on any atom is -0.465 e. The van der Waals surface area contributed by atoms with Crippen LogP contribution in [0.5, 0.6) is 5.75 Å². The fourth-order valence-corrected chi connectivity index (χ4v) is 3.14. The number of methoxy groups -OCH3 is 2. The van der Waals surface area contributed by atoms with Crippen molar-refractivity contribution in [1.82, 2.24) is 19.7 Å². The van der Waals surface area contributed by atoms with Gasteiger partial charge in [-0.25, -0.2) is 14.6 Å². The molecule has 0 fully saturated rings. The van der Waals surface area contributed by atoms with Crippen LogP contribution in [0.4, 0.5) is 19.5 Å². The molecule has 0 aliphatic heterocycles. The molecule has 14 heteroatoms. The molecule has 0 spiro atoms. The van der Waals surface area contributed by atoms with Gasteiger partial charge in [-0.15, -0.1) is 0 Å². The number of anilines is 1. The van der Waals surface area contributed by atoms with E-state index in [4.69, 9.17) is 0 Å². The number of nitrogens with zero attached hydrogens (tertiary/aromatic N) is 3. The Morgan fingerprint density at radius 3 is 2.68 bits per heavy atom. The number of carbonyl (C=O) groups excluding carboxylic acids is 2. The van der Waals surface area contributed by atoms with Crippen LogP contribution in [0.1, 0.15) is 15.9 Å². The molecule has 2 N–H and O–H groups in total. The van der Waals surface area contributed by atoms with Crippen molar-refractivity contribution in [2.24, 2.45) is 0 Å². The number of esters is 1. The van der Waals surface area contributed by atoms with E-state index in [0.717, 1.165) is 20.3 Å². The van der Waals surface area contributed by atoms with Crippen molar-refractivity contribution in [1.29, 1.82) is 0 Å². The maximum absolute atomic E-state index is 12.9. The van der Waals surface area contributed by atoms with Crippen molar-refractivity contribution >= 4 is 45.0 Å². The highest BCUT2D eigenvalue weighted by molar-refractivity contribution is 9.10. The van der Waals surface area contributed by atoms with Gasteiger partial charge in [0.05, 0.1) is 26.3 Å². The standard InChI is InChI=1S/C17H14BrF2N5O6/c1-29-14(27)7-3-4-8(9(5-7)31-15(19)20)6-25-11-10(12(18)24-25)21-16(22-13(11)26)23-17(28)30-2/h3-5,15H,6H2,1-2H3,(H2,21,22,23,26,28). The van der Waals surface area contributed by atoms with E-state index >= 15 is 0 Å². The van der Waals surface area contributed by atoms with Crippen LogP contribution in [0.3, 0.4) is 0 Å². The minimum absolute atomic E-state index is 0.00216. The summed E-state index contributed by atoms with van der Waals surface area (Å²) in [5, 5.41) is 6.38. The molecule has 0 radical (unpaired) electrons. The second-order valence-corrected chi connectivity index (χ2v) is 6.62. The number of hydrogen-bond donors (Lipinski definition) is 2. The summed E-state index contributed by atoms with van der Waals surface area (Å²) in [6.07, 6.45) is -0.842. The van der Waals surface area contributed by atoms with Crippen LogP contribution in [-0.2, 0) is 16.0 Å². The second-order valence-electron chi connectivity index (χ2n) is 5.87. The smallest absolute Gasteiger partial charge is 0.413 e. The zero-order chi connectivity index (χ0) is 22.7. The lowest BCUT2D eigenvalue weighted by Crippen LogP contribution is -2.20. The van der Waals surface area contributed by atoms with E-state index in [1.165, 1.54) is 16.8 Å². The van der Waals surface area contributed by atoms with Crippen LogP contribution in [0, 0.1) is 0 Å². The van der Waals surface area contributed by atoms with Crippen molar-refractivity contribution in [3.8, 4) is 5.75 Å². The molecule has 2 aromatic heterocycles. The van der Waals surface area contributed by atoms with Gasteiger partial charge in [0, 0.05) is 5.56 Å². The van der Waals surface area contributed by atoms with E-state index in [0.29, 0.717) is 0 Å². The number of carbonyl (C=O) groups is 2. The fraction of sp³-hybridized carbons (Fsp3) is 0.235. The molecule has 2 heterocycles. The third-order valence-corrected chi connectivity index (χ3v) is 4.52. The summed E-state index contributed by atoms with van der Waals surface area (Å²) in [7, 11) is 2.30. The van der Waals surface area contributed by atoms with Gasteiger partial charge in [-0.05, 0) is 28.1 Å². The lowest BCUT2D eigenvalue weighted by atomic mass is 10.1. The van der Waals surface area contributed by atoms with E-state index in [1.807, 2.05) is 0 Å². The first-order chi connectivity index (χ1) is 14.7. The van der Waals surface area contributed by atoms with E-state index in [9.17, 15) is 23.2 Å². The van der Waals surface area contributed by atoms with Crippen LogP contribution < -0.4 is 15.6 Å². The third kappa shape index (κ3) is 4.79. The predicted molar refractivity (Wildman–Crippen MR) is 105 cm³/mol. The van der Waals surface area contributed by atoms with Crippen LogP contribution >= 0.6 is 15.9 Å². The molecule has 0 aliphatic carbocycles. The number of rotatable bonds is 6. The number of fused-ring (bicyclic) bond motifs is 1. The molecule has 0 aliphatic rings. The molecular formula is C17H14BrF2N5O6. The summed E-state index contributed by atoms with van der Waals surface area (Å²) in [6, 6.07) is 3.84. The quantitative estimate of drug-likeness (QED) is 0.491. The largest absolute Gasteiger partial charge is 0.465 e. The first-order valence-electron chi connectivity index (χ1n) is 8.40. The van der Waals surface area contributed by atoms with Crippen molar-refractivity contribution in [3.63, 3.8) is 0 Å². The average molecular weight is 502 g/mol. The van der Waals surface area contributed by atoms with Gasteiger partial charge < -0.3 is 14.2 Å². The Morgan fingerprint density at radius 2 is 2.03 bits per heavy atom. The molecular weight excluding hydrogens is 488 g/mol. The van der Waals surface area contributed by atoms with Gasteiger partial charge in [-0.2, -0.15) is 13.9 Å². The number of halogens is 3. The number of benzene rings is 1. The zero-order valence-electron chi connectivity index (χ0n) is 15.9. The van der Waals surface area contributed by atoms with Gasteiger partial charge in [0.25, 0.3) is 5.56 Å². The van der Waals surface area contributed by atoms with E-state index in [2.05, 4.69) is 50.5 Å². The molecule has 0 saturated carbocycles. The topological polar surface area (TPSA) is 137 Å². The number of H-pyrrole nitrogens is 1. The summed E-state index contributed by atoms with van der Waals surface area (Å²) in [4.78, 5) is 42.1. The molecule has 31 heavy (non-hydrogen) atoms. The first-order valence-corrected chi connectivity index (χ1v) is 9.20. The maximum Gasteiger partial charge on any atom is 0.413 e. The predicted octanol–water partition coefficient (Wildman–Crippen LogP) is 2.50. The fourth-order valence-electron chi connectivity index (χ4n) is 2.67. The summed E-state index contributed by atoms with van der Waals surface area (Å²) < 4.78 is 40.7. The highest BCUT2D eigenvalue weighted by Gasteiger charge is 2.20. The number of ether oxygens (including phenoxy) is 3. The Bertz CT molecular complexity index is 1210. The molecule has 164 valence electrons. The number of amides is 1. The number of aromatic nitrogens is 4. The Labute approximate surface area is 180 Å². The highest BCUT2D eigenvalue weighted by Crippen LogP contribution is 2.26. The Hall–Kier alpha value is -3.55. The molecule has 3 aromatic rings. The number of nitrogens with one attached hydrogen (secondary N) is 2. The summed E-state index contributed by atoms with van der Waals surface area (Å²) in [5.41, 5.74) is -0.329. The monoisotopic (exact) mass is 501 g/mol. The van der Waals surface area contributed by atoms with Gasteiger partial charge in [0.2, 0.25) is 5.95 Å². The van der Waals surface area contributed by atoms with E-state index in [1.54, 1.807) is 0 Å². The van der Waals surface area contributed by atoms with E-state index in [-0.39, 0.29) is 45.0 Å². The van der Waals surface area contributed by atoms with E-state index < -0.39 is 24.2 Å². The zero-order valence-corrected chi connectivity index (χ0v) is 17.5. The van der Waals surface area contributed by atoms with Crippen molar-refractivity contribution in [3.05, 3.63) is 44.3 Å². The second kappa shape index (κ2) is 9.07. The Morgan fingerprint density at radius 1 is 1.29 bits per heavy atom. The highest BCUT2D eigenvalue weighted by atomic mass is 79.9. The normalized spacial score (nSPS) is 10.9. The van der Waals surface area contributed by atoms with Gasteiger partial charge in [0.15, 0.2) is 10.1 Å². The minimum atomic E-state index is -3.15. The summed E-state index contributed by atoms with van der Waals surface area (Å²) in [5.74, 6) is -1.19. The average Bonchev–Trinajstić information content (AvgIpc) is 3.03. The van der Waals surface area contributed by atoms with Crippen molar-refractivity contribution in [2.45, 2.75) is 13.2 Å². The summed E-state index contributed by atoms with van der Waals surface area (Å²) in [6.45, 7) is -3.31. The lowest BCUT2D eigenvalue weighted by molar-refractivity contribution is -0.0505. The molecule has 0 unspecified atom stereocenters. The van der Waals surface area contributed by atoms with Gasteiger partial charge in [0.1, 0.15) is 11.3 Å². The number of hydrogen-bond acceptors (Lipinski definition) is 8. The van der Waals surface area contributed by atoms with Crippen molar-refractivity contribution < 1.29 is 32.6 Å². The molecule has 3 rings (SSSR count). The number of alkyl halides is 2. The maximum atomic E-state index is 12.9. The SMILES string of the molecule is COC(=O)Nc1nc2c(Br)nn(Cc3ccc(C(=O)OC)cc3OC(F)F)c2c(=O)[nH]1. The lowest BCUT2D eigenvalue weighted by Gasteiger charge is -2.12. The van der Waals surface area contributed by atoms with Crippen LogP contribution in [0.2, 0.25) is 0 Å². The summed E-state index contributed by atoms with van der Waals surface area (Å²) >= 11 is 3.18.